The Balaban J connectivity index is 1.95. The van der Waals surface area contributed by atoms with Crippen molar-refractivity contribution in [3.63, 3.8) is 0 Å². The predicted molar refractivity (Wildman–Crippen MR) is 80.6 cm³/mol. The summed E-state index contributed by atoms with van der Waals surface area (Å²) >= 11 is 2.18. The van der Waals surface area contributed by atoms with Crippen molar-refractivity contribution in [1.29, 1.82) is 0 Å². The van der Waals surface area contributed by atoms with Gasteiger partial charge in [-0.05, 0) is 47.2 Å². The number of halogens is 1. The van der Waals surface area contributed by atoms with Gasteiger partial charge in [0.25, 0.3) is 0 Å². The number of rotatable bonds is 2. The molecule has 0 aliphatic carbocycles. The highest BCUT2D eigenvalue weighted by molar-refractivity contribution is 14.1. The molecule has 100 valence electrons. The molecule has 0 spiro atoms. The first-order valence-corrected chi connectivity index (χ1v) is 7.12. The van der Waals surface area contributed by atoms with Crippen LogP contribution in [0.3, 0.4) is 0 Å². The summed E-state index contributed by atoms with van der Waals surface area (Å²) in [5.41, 5.74) is 7.11. The van der Waals surface area contributed by atoms with E-state index in [0.29, 0.717) is 19.0 Å². The molecular weight excluding hydrogens is 357 g/mol. The minimum Gasteiger partial charge on any atom is -0.486 e. The third kappa shape index (κ3) is 2.24. The molecule has 0 radical (unpaired) electrons. The van der Waals surface area contributed by atoms with E-state index in [1.54, 1.807) is 6.20 Å². The minimum absolute atomic E-state index is 0.0549. The molecule has 0 bridgehead atoms. The summed E-state index contributed by atoms with van der Waals surface area (Å²) in [6, 6.07) is 6.00. The highest BCUT2D eigenvalue weighted by atomic mass is 127. The third-order valence-corrected chi connectivity index (χ3v) is 4.03. The number of hydrogen-bond acceptors (Lipinski definition) is 4. The molecule has 2 N–H and O–H groups in total. The molecule has 0 saturated heterocycles. The summed E-state index contributed by atoms with van der Waals surface area (Å²) in [6.07, 6.45) is 1.77. The van der Waals surface area contributed by atoms with Crippen molar-refractivity contribution in [2.24, 2.45) is 0 Å². The normalized spacial score (nSPS) is 15.3. The van der Waals surface area contributed by atoms with Crippen LogP contribution in [0.1, 0.15) is 18.5 Å². The van der Waals surface area contributed by atoms with E-state index < -0.39 is 0 Å². The highest BCUT2D eigenvalue weighted by Gasteiger charge is 2.17. The van der Waals surface area contributed by atoms with Gasteiger partial charge in [0.15, 0.2) is 11.5 Å². The molecule has 1 aromatic heterocycles. The number of nitrogens with zero attached hydrogens (tertiary/aromatic N) is 2. The summed E-state index contributed by atoms with van der Waals surface area (Å²) in [7, 11) is 0. The van der Waals surface area contributed by atoms with E-state index in [-0.39, 0.29) is 6.04 Å². The fourth-order valence-electron chi connectivity index (χ4n) is 2.12. The number of hydrogen-bond donors (Lipinski definition) is 1. The maximum Gasteiger partial charge on any atom is 0.161 e. The summed E-state index contributed by atoms with van der Waals surface area (Å²) in [4.78, 5) is 0. The zero-order valence-electron chi connectivity index (χ0n) is 10.5. The van der Waals surface area contributed by atoms with Crippen molar-refractivity contribution in [1.82, 2.24) is 9.78 Å². The molecule has 3 rings (SSSR count). The Morgan fingerprint density at radius 1 is 1.32 bits per heavy atom. The van der Waals surface area contributed by atoms with Gasteiger partial charge in [-0.3, -0.25) is 0 Å². The van der Waals surface area contributed by atoms with Crippen molar-refractivity contribution in [3.05, 3.63) is 33.5 Å². The Morgan fingerprint density at radius 3 is 2.74 bits per heavy atom. The Morgan fingerprint density at radius 2 is 2.05 bits per heavy atom. The summed E-state index contributed by atoms with van der Waals surface area (Å²) in [5, 5.41) is 4.32. The van der Waals surface area contributed by atoms with Gasteiger partial charge in [-0.2, -0.15) is 5.10 Å². The van der Waals surface area contributed by atoms with Crippen LogP contribution in [0, 0.1) is 3.57 Å². The number of aromatic nitrogens is 2. The smallest absolute Gasteiger partial charge is 0.161 e. The van der Waals surface area contributed by atoms with Gasteiger partial charge in [0, 0.05) is 0 Å². The Kier molecular flexibility index (Phi) is 3.26. The number of benzene rings is 1. The van der Waals surface area contributed by atoms with Crippen molar-refractivity contribution in [2.45, 2.75) is 13.0 Å². The van der Waals surface area contributed by atoms with Crippen LogP contribution in [0.2, 0.25) is 0 Å². The second-order valence-electron chi connectivity index (χ2n) is 4.40. The average molecular weight is 371 g/mol. The molecule has 1 aliphatic heterocycles. The lowest BCUT2D eigenvalue weighted by Gasteiger charge is -2.21. The van der Waals surface area contributed by atoms with Gasteiger partial charge < -0.3 is 15.2 Å². The molecule has 0 saturated carbocycles. The van der Waals surface area contributed by atoms with Crippen LogP contribution in [-0.4, -0.2) is 23.0 Å². The molecule has 1 aromatic carbocycles. The summed E-state index contributed by atoms with van der Waals surface area (Å²) in [5.74, 6) is 2.27. The van der Waals surface area contributed by atoms with Gasteiger partial charge in [0.2, 0.25) is 0 Å². The van der Waals surface area contributed by atoms with Crippen LogP contribution < -0.4 is 15.2 Å². The summed E-state index contributed by atoms with van der Waals surface area (Å²) < 4.78 is 13.9. The number of ether oxygens (including phenoxy) is 2. The predicted octanol–water partition coefficient (Wildman–Crippen LogP) is 2.45. The lowest BCUT2D eigenvalue weighted by Crippen LogP contribution is -2.16. The average Bonchev–Trinajstić information content (AvgIpc) is 2.78. The van der Waals surface area contributed by atoms with Crippen molar-refractivity contribution >= 4 is 28.4 Å². The van der Waals surface area contributed by atoms with E-state index in [2.05, 4.69) is 34.6 Å². The van der Waals surface area contributed by atoms with E-state index in [1.807, 2.05) is 22.9 Å². The second-order valence-corrected chi connectivity index (χ2v) is 5.56. The second kappa shape index (κ2) is 4.92. The van der Waals surface area contributed by atoms with E-state index in [4.69, 9.17) is 15.2 Å². The first-order chi connectivity index (χ1) is 9.16. The van der Waals surface area contributed by atoms with Gasteiger partial charge in [0.1, 0.15) is 19.0 Å². The molecule has 2 heterocycles. The van der Waals surface area contributed by atoms with E-state index in [1.165, 1.54) is 0 Å². The van der Waals surface area contributed by atoms with E-state index in [0.717, 1.165) is 20.6 Å². The molecule has 2 aromatic rings. The molecule has 1 atom stereocenters. The van der Waals surface area contributed by atoms with E-state index >= 15 is 0 Å². The maximum absolute atomic E-state index is 6.02. The Labute approximate surface area is 124 Å². The van der Waals surface area contributed by atoms with Crippen LogP contribution in [0.4, 0.5) is 5.82 Å². The van der Waals surface area contributed by atoms with Crippen LogP contribution in [0.5, 0.6) is 11.5 Å². The molecule has 0 fully saturated rings. The molecular formula is C13H14IN3O2. The molecule has 5 nitrogen and oxygen atoms in total. The lowest BCUT2D eigenvalue weighted by molar-refractivity contribution is 0.171. The van der Waals surface area contributed by atoms with Crippen molar-refractivity contribution in [2.75, 3.05) is 18.9 Å². The number of fused-ring (bicyclic) bond motifs is 1. The number of anilines is 1. The van der Waals surface area contributed by atoms with Gasteiger partial charge in [0.05, 0.1) is 15.8 Å². The largest absolute Gasteiger partial charge is 0.486 e. The Bertz CT molecular complexity index is 612. The first kappa shape index (κ1) is 12.6. The quantitative estimate of drug-likeness (QED) is 0.824. The van der Waals surface area contributed by atoms with Crippen LogP contribution >= 0.6 is 22.6 Å². The monoisotopic (exact) mass is 371 g/mol. The third-order valence-electron chi connectivity index (χ3n) is 3.20. The zero-order valence-corrected chi connectivity index (χ0v) is 12.6. The maximum atomic E-state index is 6.02. The summed E-state index contributed by atoms with van der Waals surface area (Å²) in [6.45, 7) is 3.25. The SMILES string of the molecule is CC(c1ccc2c(c1)OCCO2)n1ncc(I)c1N. The topological polar surface area (TPSA) is 62.3 Å². The standard InChI is InChI=1S/C13H14IN3O2/c1-8(17-13(15)10(14)7-16-17)9-2-3-11-12(6-9)19-5-4-18-11/h2-3,6-8H,4-5,15H2,1H3. The van der Waals surface area contributed by atoms with Crippen LogP contribution in [0.25, 0.3) is 0 Å². The lowest BCUT2D eigenvalue weighted by atomic mass is 10.1. The highest BCUT2D eigenvalue weighted by Crippen LogP contribution is 2.34. The van der Waals surface area contributed by atoms with Crippen LogP contribution in [0.15, 0.2) is 24.4 Å². The molecule has 0 amide bonds. The van der Waals surface area contributed by atoms with Gasteiger partial charge in [-0.25, -0.2) is 4.68 Å². The molecule has 1 aliphatic rings. The zero-order chi connectivity index (χ0) is 13.4. The van der Waals surface area contributed by atoms with Gasteiger partial charge >= 0.3 is 0 Å². The minimum atomic E-state index is 0.0549. The Hall–Kier alpha value is -1.44. The fourth-order valence-corrected chi connectivity index (χ4v) is 2.49. The number of nitrogens with two attached hydrogens (primary N) is 1. The van der Waals surface area contributed by atoms with Crippen LogP contribution in [-0.2, 0) is 0 Å². The van der Waals surface area contributed by atoms with Crippen molar-refractivity contribution in [3.8, 4) is 11.5 Å². The fraction of sp³-hybridized carbons (Fsp3) is 0.308. The first-order valence-electron chi connectivity index (χ1n) is 6.05. The molecule has 19 heavy (non-hydrogen) atoms. The van der Waals surface area contributed by atoms with Gasteiger partial charge in [-0.1, -0.05) is 6.07 Å². The molecule has 1 unspecified atom stereocenters. The van der Waals surface area contributed by atoms with Gasteiger partial charge in [-0.15, -0.1) is 0 Å². The number of nitrogen functional groups attached to an aromatic ring is 1. The molecule has 6 heteroatoms. The van der Waals surface area contributed by atoms with E-state index in [9.17, 15) is 0 Å². The van der Waals surface area contributed by atoms with Crippen molar-refractivity contribution < 1.29 is 9.47 Å².